The molecule has 35 heavy (non-hydrogen) atoms. The molecule has 0 bridgehead atoms. The molecular formula is C27H24N2O6. The summed E-state index contributed by atoms with van der Waals surface area (Å²) in [6.45, 7) is 1.81. The summed E-state index contributed by atoms with van der Waals surface area (Å²) in [5.74, 6) is -5.00. The van der Waals surface area contributed by atoms with E-state index in [1.54, 1.807) is 48.5 Å². The molecule has 6 rings (SSSR count). The molecule has 0 aromatic heterocycles. The Morgan fingerprint density at radius 2 is 1.57 bits per heavy atom. The number of phenols is 1. The van der Waals surface area contributed by atoms with Crippen molar-refractivity contribution in [2.24, 2.45) is 29.1 Å². The number of imide groups is 2. The van der Waals surface area contributed by atoms with Gasteiger partial charge in [-0.15, -0.1) is 0 Å². The first-order chi connectivity index (χ1) is 16.7. The van der Waals surface area contributed by atoms with Crippen molar-refractivity contribution < 1.29 is 29.5 Å². The van der Waals surface area contributed by atoms with Gasteiger partial charge in [-0.2, -0.15) is 5.06 Å². The van der Waals surface area contributed by atoms with Crippen LogP contribution in [-0.2, 0) is 19.2 Å². The molecule has 0 spiro atoms. The zero-order chi connectivity index (χ0) is 24.6. The van der Waals surface area contributed by atoms with E-state index < -0.39 is 46.8 Å². The number of carbonyl (C=O) groups is 4. The van der Waals surface area contributed by atoms with Crippen LogP contribution < -0.4 is 4.90 Å². The largest absolute Gasteiger partial charge is 0.508 e. The van der Waals surface area contributed by atoms with Gasteiger partial charge in [-0.05, 0) is 55.5 Å². The summed E-state index contributed by atoms with van der Waals surface area (Å²) in [5.41, 5.74) is 0.955. The standard InChI is InChI=1S/C27H24N2O6/c1-27-20(24(32)28(26(27)34)15-5-3-2-4-6-15)13-19-17(22(27)14-7-9-16(30)10-8-14)11-12-18-21(19)25(33)29(35)23(18)31/h2-11,18-22,30,35H,12-13H2,1H3/t18-,19+,20-,21-,22-,27+/m0/s1. The van der Waals surface area contributed by atoms with Crippen LogP contribution in [0.1, 0.15) is 31.2 Å². The van der Waals surface area contributed by atoms with Crippen molar-refractivity contribution in [2.75, 3.05) is 4.90 Å². The SMILES string of the molecule is C[C@@]12C(=O)N(c3ccccc3)C(=O)[C@@H]1C[C@@H]1C(=CC[C@@H]3C(=O)N(O)C(=O)[C@@H]31)[C@@H]2c1ccc(O)cc1. The first-order valence-corrected chi connectivity index (χ1v) is 11.7. The number of hydrogen-bond acceptors (Lipinski definition) is 6. The molecule has 1 saturated carbocycles. The molecule has 0 unspecified atom stereocenters. The lowest BCUT2D eigenvalue weighted by Crippen LogP contribution is -2.48. The summed E-state index contributed by atoms with van der Waals surface area (Å²) in [6, 6.07) is 15.3. The second-order valence-electron chi connectivity index (χ2n) is 10.1. The van der Waals surface area contributed by atoms with Gasteiger partial charge in [0, 0.05) is 5.92 Å². The van der Waals surface area contributed by atoms with E-state index in [0.717, 1.165) is 11.1 Å². The molecule has 6 atom stereocenters. The second-order valence-corrected chi connectivity index (χ2v) is 10.1. The predicted octanol–water partition coefficient (Wildman–Crippen LogP) is 3.01. The average molecular weight is 472 g/mol. The first-order valence-electron chi connectivity index (χ1n) is 11.7. The zero-order valence-corrected chi connectivity index (χ0v) is 19.0. The van der Waals surface area contributed by atoms with Gasteiger partial charge in [0.2, 0.25) is 11.8 Å². The number of rotatable bonds is 2. The topological polar surface area (TPSA) is 115 Å². The van der Waals surface area contributed by atoms with Gasteiger partial charge < -0.3 is 5.11 Å². The van der Waals surface area contributed by atoms with Crippen LogP contribution in [0.15, 0.2) is 66.2 Å². The minimum absolute atomic E-state index is 0.0766. The maximum absolute atomic E-state index is 14.1. The van der Waals surface area contributed by atoms with Gasteiger partial charge in [0.15, 0.2) is 0 Å². The number of aromatic hydroxyl groups is 1. The minimum atomic E-state index is -1.12. The van der Waals surface area contributed by atoms with Gasteiger partial charge in [0.05, 0.1) is 28.9 Å². The molecule has 2 aromatic carbocycles. The Bertz CT molecular complexity index is 1300. The van der Waals surface area contributed by atoms with E-state index >= 15 is 0 Å². The number of anilines is 1. The monoisotopic (exact) mass is 472 g/mol. The molecule has 2 heterocycles. The lowest BCUT2D eigenvalue weighted by molar-refractivity contribution is -0.173. The summed E-state index contributed by atoms with van der Waals surface area (Å²) >= 11 is 0. The number of nitrogens with zero attached hydrogens (tertiary/aromatic N) is 2. The van der Waals surface area contributed by atoms with Crippen LogP contribution in [0.4, 0.5) is 5.69 Å². The maximum Gasteiger partial charge on any atom is 0.257 e. The Hall–Kier alpha value is -3.78. The summed E-state index contributed by atoms with van der Waals surface area (Å²) in [5, 5.41) is 20.2. The molecule has 4 aliphatic rings. The van der Waals surface area contributed by atoms with Crippen LogP contribution >= 0.6 is 0 Å². The van der Waals surface area contributed by atoms with Gasteiger partial charge >= 0.3 is 0 Å². The Balaban J connectivity index is 1.53. The summed E-state index contributed by atoms with van der Waals surface area (Å²) < 4.78 is 0. The van der Waals surface area contributed by atoms with Gasteiger partial charge in [-0.3, -0.25) is 24.4 Å². The van der Waals surface area contributed by atoms with Crippen LogP contribution in [0.3, 0.4) is 0 Å². The molecule has 2 N–H and O–H groups in total. The van der Waals surface area contributed by atoms with Gasteiger partial charge in [0.1, 0.15) is 5.75 Å². The minimum Gasteiger partial charge on any atom is -0.508 e. The molecule has 2 aromatic rings. The zero-order valence-electron chi connectivity index (χ0n) is 19.0. The number of allylic oxidation sites excluding steroid dienone is 2. The number of hydrogen-bond donors (Lipinski definition) is 2. The third-order valence-corrected chi connectivity index (χ3v) is 8.49. The number of carbonyl (C=O) groups excluding carboxylic acids is 4. The molecule has 178 valence electrons. The van der Waals surface area contributed by atoms with Crippen molar-refractivity contribution in [3.05, 3.63) is 71.8 Å². The molecule has 2 aliphatic heterocycles. The lowest BCUT2D eigenvalue weighted by atomic mass is 9.51. The molecule has 3 fully saturated rings. The van der Waals surface area contributed by atoms with Crippen molar-refractivity contribution >= 4 is 29.3 Å². The summed E-state index contributed by atoms with van der Waals surface area (Å²) in [7, 11) is 0. The molecule has 0 radical (unpaired) electrons. The van der Waals surface area contributed by atoms with Crippen LogP contribution in [0.5, 0.6) is 5.75 Å². The third-order valence-electron chi connectivity index (χ3n) is 8.49. The van der Waals surface area contributed by atoms with Gasteiger partial charge in [0.25, 0.3) is 11.8 Å². The number of benzene rings is 2. The maximum atomic E-state index is 14.1. The van der Waals surface area contributed by atoms with E-state index in [1.165, 1.54) is 4.90 Å². The van der Waals surface area contributed by atoms with Crippen LogP contribution in [-0.4, -0.2) is 39.0 Å². The van der Waals surface area contributed by atoms with E-state index in [2.05, 4.69) is 0 Å². The fourth-order valence-corrected chi connectivity index (χ4v) is 6.87. The van der Waals surface area contributed by atoms with E-state index in [4.69, 9.17) is 0 Å². The summed E-state index contributed by atoms with van der Waals surface area (Å²) in [4.78, 5) is 54.5. The molecule has 8 nitrogen and oxygen atoms in total. The van der Waals surface area contributed by atoms with E-state index in [0.29, 0.717) is 5.69 Å². The average Bonchev–Trinajstić information content (AvgIpc) is 3.20. The molecule has 2 aliphatic carbocycles. The predicted molar refractivity (Wildman–Crippen MR) is 123 cm³/mol. The Kier molecular flexibility index (Phi) is 4.57. The highest BCUT2D eigenvalue weighted by molar-refractivity contribution is 6.24. The number of fused-ring (bicyclic) bond motifs is 4. The van der Waals surface area contributed by atoms with E-state index in [1.807, 2.05) is 19.1 Å². The smallest absolute Gasteiger partial charge is 0.257 e. The lowest BCUT2D eigenvalue weighted by Gasteiger charge is -2.49. The molecular weight excluding hydrogens is 448 g/mol. The number of amides is 4. The highest BCUT2D eigenvalue weighted by Gasteiger charge is 2.67. The van der Waals surface area contributed by atoms with Crippen molar-refractivity contribution in [2.45, 2.75) is 25.7 Å². The molecule has 8 heteroatoms. The van der Waals surface area contributed by atoms with Gasteiger partial charge in [-0.25, -0.2) is 4.90 Å². The quantitative estimate of drug-likeness (QED) is 0.395. The fourth-order valence-electron chi connectivity index (χ4n) is 6.87. The molecule has 2 saturated heterocycles. The van der Waals surface area contributed by atoms with Crippen molar-refractivity contribution in [1.82, 2.24) is 5.06 Å². The first kappa shape index (κ1) is 21.7. The van der Waals surface area contributed by atoms with E-state index in [9.17, 15) is 29.5 Å². The Morgan fingerprint density at radius 3 is 2.26 bits per heavy atom. The Labute approximate surface area is 201 Å². The number of phenolic OH excluding ortho intramolecular Hbond substituents is 1. The van der Waals surface area contributed by atoms with Crippen LogP contribution in [0.25, 0.3) is 0 Å². The third kappa shape index (κ3) is 2.77. The number of hydroxylamine groups is 2. The highest BCUT2D eigenvalue weighted by Crippen LogP contribution is 2.63. The highest BCUT2D eigenvalue weighted by atomic mass is 16.5. The number of para-hydroxylation sites is 1. The molecule has 4 amide bonds. The van der Waals surface area contributed by atoms with Crippen molar-refractivity contribution in [3.63, 3.8) is 0 Å². The normalized spacial score (nSPS) is 34.0. The second kappa shape index (κ2) is 7.36. The van der Waals surface area contributed by atoms with E-state index in [-0.39, 0.29) is 35.5 Å². The van der Waals surface area contributed by atoms with Crippen molar-refractivity contribution in [3.8, 4) is 5.75 Å². The van der Waals surface area contributed by atoms with Crippen LogP contribution in [0.2, 0.25) is 0 Å². The Morgan fingerprint density at radius 1 is 0.886 bits per heavy atom. The summed E-state index contributed by atoms with van der Waals surface area (Å²) in [6.07, 6.45) is 2.43. The van der Waals surface area contributed by atoms with Gasteiger partial charge in [-0.1, -0.05) is 42.0 Å². The van der Waals surface area contributed by atoms with Crippen LogP contribution in [0, 0.1) is 29.1 Å². The fraction of sp³-hybridized carbons (Fsp3) is 0.333. The van der Waals surface area contributed by atoms with Crippen molar-refractivity contribution in [1.29, 1.82) is 0 Å².